The maximum Gasteiger partial charge on any atom is -0.0264 e. The molecule has 168 valence electrons. The van der Waals surface area contributed by atoms with E-state index < -0.39 is 0 Å². The molecule has 0 aliphatic heterocycles. The molecule has 4 saturated carbocycles. The molecule has 4 aliphatic carbocycles. The molecule has 0 amide bonds. The summed E-state index contributed by atoms with van der Waals surface area (Å²) >= 11 is 0. The summed E-state index contributed by atoms with van der Waals surface area (Å²) in [6.07, 6.45) is 19.8. The first-order valence-electron chi connectivity index (χ1n) is 13.8. The number of rotatable bonds is 6. The lowest BCUT2D eigenvalue weighted by Gasteiger charge is -2.61. The normalized spacial score (nSPS) is 48.1. The van der Waals surface area contributed by atoms with Crippen LogP contribution >= 0.6 is 0 Å². The average Bonchev–Trinajstić information content (AvgIpc) is 3.04. The quantitative estimate of drug-likeness (QED) is 0.417. The first-order chi connectivity index (χ1) is 13.8. The molecule has 0 nitrogen and oxygen atoms in total. The molecule has 0 saturated heterocycles. The third kappa shape index (κ3) is 3.86. The summed E-state index contributed by atoms with van der Waals surface area (Å²) in [4.78, 5) is 0. The molecule has 29 heavy (non-hydrogen) atoms. The van der Waals surface area contributed by atoms with Crippen LogP contribution in [-0.4, -0.2) is 0 Å². The van der Waals surface area contributed by atoms with Crippen LogP contribution in [0, 0.1) is 58.2 Å². The average molecular weight is 401 g/mol. The van der Waals surface area contributed by atoms with Crippen molar-refractivity contribution in [2.45, 2.75) is 125 Å². The molecule has 0 aromatic heterocycles. The molecule has 9 atom stereocenters. The van der Waals surface area contributed by atoms with Crippen LogP contribution in [0.1, 0.15) is 125 Å². The van der Waals surface area contributed by atoms with Crippen molar-refractivity contribution >= 4 is 0 Å². The van der Waals surface area contributed by atoms with Gasteiger partial charge in [-0.2, -0.15) is 0 Å². The van der Waals surface area contributed by atoms with Crippen LogP contribution < -0.4 is 0 Å². The standard InChI is InChI=1S/C29H52/c1-7-22-15-17-28(5)23(19-22)11-12-24-26-14-13-25(21(4)10-8-9-20(2)3)29(26,6)18-16-27(24)28/h20-27H,7-19H2,1-6H3/t21-,22-,23?,24+,25-,26+,27+,28+,29-/m1/s1. The van der Waals surface area contributed by atoms with Gasteiger partial charge in [-0.05, 0) is 116 Å². The van der Waals surface area contributed by atoms with Gasteiger partial charge in [-0.3, -0.25) is 0 Å². The summed E-state index contributed by atoms with van der Waals surface area (Å²) in [7, 11) is 0. The Hall–Kier alpha value is 0. The molecule has 0 heteroatoms. The molecule has 4 rings (SSSR count). The van der Waals surface area contributed by atoms with Gasteiger partial charge in [-0.15, -0.1) is 0 Å². The highest BCUT2D eigenvalue weighted by atomic mass is 14.6. The molecular weight excluding hydrogens is 348 g/mol. The molecular formula is C29H52. The maximum atomic E-state index is 2.76. The Morgan fingerprint density at radius 1 is 0.793 bits per heavy atom. The molecule has 0 bridgehead atoms. The predicted octanol–water partition coefficient (Wildman–Crippen LogP) is 9.13. The van der Waals surface area contributed by atoms with E-state index in [-0.39, 0.29) is 0 Å². The van der Waals surface area contributed by atoms with Crippen molar-refractivity contribution in [2.24, 2.45) is 58.2 Å². The van der Waals surface area contributed by atoms with Crippen molar-refractivity contribution in [3.63, 3.8) is 0 Å². The summed E-state index contributed by atoms with van der Waals surface area (Å²) in [5.74, 6) is 8.13. The van der Waals surface area contributed by atoms with Crippen LogP contribution in [0.2, 0.25) is 0 Å². The lowest BCUT2D eigenvalue weighted by molar-refractivity contribution is -0.121. The fourth-order valence-corrected chi connectivity index (χ4v) is 9.74. The van der Waals surface area contributed by atoms with E-state index >= 15 is 0 Å². The lowest BCUT2D eigenvalue weighted by atomic mass is 9.44. The SMILES string of the molecule is CC[C@@H]1CC[C@@]2(C)C(CC[C@H]3[C@@H]4CC[C@H]([C@H](C)CCCC(C)C)[C@@]4(C)CC[C@@H]32)C1. The van der Waals surface area contributed by atoms with Crippen LogP contribution in [0.4, 0.5) is 0 Å². The second kappa shape index (κ2) is 8.50. The van der Waals surface area contributed by atoms with E-state index in [1.165, 1.54) is 32.1 Å². The zero-order valence-electron chi connectivity index (χ0n) is 20.8. The molecule has 0 spiro atoms. The van der Waals surface area contributed by atoms with Crippen molar-refractivity contribution in [1.82, 2.24) is 0 Å². The van der Waals surface area contributed by atoms with Crippen molar-refractivity contribution < 1.29 is 0 Å². The summed E-state index contributed by atoms with van der Waals surface area (Å²) < 4.78 is 0. The predicted molar refractivity (Wildman–Crippen MR) is 127 cm³/mol. The van der Waals surface area contributed by atoms with E-state index in [9.17, 15) is 0 Å². The summed E-state index contributed by atoms with van der Waals surface area (Å²) in [6.45, 7) is 15.4. The first kappa shape index (κ1) is 22.2. The third-order valence-corrected chi connectivity index (χ3v) is 11.6. The Morgan fingerprint density at radius 2 is 1.52 bits per heavy atom. The second-order valence-electron chi connectivity index (χ2n) is 13.2. The van der Waals surface area contributed by atoms with Gasteiger partial charge in [0.1, 0.15) is 0 Å². The number of fused-ring (bicyclic) bond motifs is 5. The second-order valence-corrected chi connectivity index (χ2v) is 13.2. The van der Waals surface area contributed by atoms with Crippen LogP contribution in [0.5, 0.6) is 0 Å². The smallest absolute Gasteiger partial charge is 0.0264 e. The zero-order valence-corrected chi connectivity index (χ0v) is 20.8. The minimum absolute atomic E-state index is 0.669. The van der Waals surface area contributed by atoms with Gasteiger partial charge in [0.05, 0.1) is 0 Å². The molecule has 4 aliphatic rings. The minimum atomic E-state index is 0.669. The maximum absolute atomic E-state index is 2.76. The fourth-order valence-electron chi connectivity index (χ4n) is 9.74. The number of hydrogen-bond acceptors (Lipinski definition) is 0. The van der Waals surface area contributed by atoms with E-state index in [0.29, 0.717) is 10.8 Å². The van der Waals surface area contributed by atoms with Gasteiger partial charge in [0.2, 0.25) is 0 Å². The summed E-state index contributed by atoms with van der Waals surface area (Å²) in [5, 5.41) is 0. The molecule has 4 fully saturated rings. The van der Waals surface area contributed by atoms with Crippen LogP contribution in [-0.2, 0) is 0 Å². The summed E-state index contributed by atoms with van der Waals surface area (Å²) in [6, 6.07) is 0. The molecule has 1 unspecified atom stereocenters. The van der Waals surface area contributed by atoms with E-state index in [4.69, 9.17) is 0 Å². The van der Waals surface area contributed by atoms with Crippen molar-refractivity contribution in [2.75, 3.05) is 0 Å². The van der Waals surface area contributed by atoms with Crippen LogP contribution in [0.25, 0.3) is 0 Å². The Balaban J connectivity index is 1.45. The van der Waals surface area contributed by atoms with Gasteiger partial charge in [-0.1, -0.05) is 67.2 Å². The van der Waals surface area contributed by atoms with Crippen molar-refractivity contribution in [3.8, 4) is 0 Å². The molecule has 0 heterocycles. The van der Waals surface area contributed by atoms with Gasteiger partial charge in [-0.25, -0.2) is 0 Å². The third-order valence-electron chi connectivity index (χ3n) is 11.6. The minimum Gasteiger partial charge on any atom is -0.0651 e. The van der Waals surface area contributed by atoms with Gasteiger partial charge < -0.3 is 0 Å². The fraction of sp³-hybridized carbons (Fsp3) is 1.00. The Bertz CT molecular complexity index is 548. The molecule has 0 aromatic rings. The topological polar surface area (TPSA) is 0 Å². The van der Waals surface area contributed by atoms with Crippen molar-refractivity contribution in [1.29, 1.82) is 0 Å². The zero-order chi connectivity index (χ0) is 20.8. The molecule has 0 N–H and O–H groups in total. The summed E-state index contributed by atoms with van der Waals surface area (Å²) in [5.41, 5.74) is 1.36. The molecule has 0 aromatic carbocycles. The largest absolute Gasteiger partial charge is 0.0651 e. The Labute approximate surface area is 183 Å². The molecule has 0 radical (unpaired) electrons. The Morgan fingerprint density at radius 3 is 2.24 bits per heavy atom. The van der Waals surface area contributed by atoms with Crippen LogP contribution in [0.15, 0.2) is 0 Å². The van der Waals surface area contributed by atoms with Gasteiger partial charge in [0.25, 0.3) is 0 Å². The van der Waals surface area contributed by atoms with Gasteiger partial charge in [0, 0.05) is 0 Å². The van der Waals surface area contributed by atoms with Gasteiger partial charge in [0.15, 0.2) is 0 Å². The van der Waals surface area contributed by atoms with Crippen molar-refractivity contribution in [3.05, 3.63) is 0 Å². The van der Waals surface area contributed by atoms with Gasteiger partial charge >= 0.3 is 0 Å². The Kier molecular flexibility index (Phi) is 6.51. The van der Waals surface area contributed by atoms with E-state index in [0.717, 1.165) is 47.3 Å². The highest BCUT2D eigenvalue weighted by Gasteiger charge is 2.60. The monoisotopic (exact) mass is 400 g/mol. The van der Waals surface area contributed by atoms with E-state index in [1.807, 2.05) is 0 Å². The van der Waals surface area contributed by atoms with E-state index in [1.54, 1.807) is 51.4 Å². The lowest BCUT2D eigenvalue weighted by Crippen LogP contribution is -2.53. The number of hydrogen-bond donors (Lipinski definition) is 0. The first-order valence-corrected chi connectivity index (χ1v) is 13.8. The van der Waals surface area contributed by atoms with E-state index in [2.05, 4.69) is 41.5 Å². The highest BCUT2D eigenvalue weighted by Crippen LogP contribution is 2.68. The highest BCUT2D eigenvalue weighted by molar-refractivity contribution is 5.09. The van der Waals surface area contributed by atoms with Crippen LogP contribution in [0.3, 0.4) is 0 Å².